The van der Waals surface area contributed by atoms with Crippen LogP contribution in [0.25, 0.3) is 0 Å². The first kappa shape index (κ1) is 13.4. The van der Waals surface area contributed by atoms with Gasteiger partial charge in [0, 0.05) is 11.5 Å². The van der Waals surface area contributed by atoms with E-state index >= 15 is 0 Å². The highest BCUT2D eigenvalue weighted by atomic mass is 79.9. The van der Waals surface area contributed by atoms with Gasteiger partial charge in [-0.05, 0) is 28.1 Å². The van der Waals surface area contributed by atoms with E-state index in [1.54, 1.807) is 0 Å². The normalized spacial score (nSPS) is 10.1. The number of benzene rings is 1. The van der Waals surface area contributed by atoms with Crippen molar-refractivity contribution in [1.82, 2.24) is 4.90 Å². The Bertz CT molecular complexity index is 479. The summed E-state index contributed by atoms with van der Waals surface area (Å²) in [5.74, 6) is -1.72. The summed E-state index contributed by atoms with van der Waals surface area (Å²) in [4.78, 5) is 23.7. The highest BCUT2D eigenvalue weighted by Crippen LogP contribution is 2.23. The fraction of sp³-hybridized carbons (Fsp3) is 0.200. The van der Waals surface area contributed by atoms with Crippen LogP contribution in [0, 0.1) is 5.82 Å². The number of likely N-dealkylation sites (N-methyl/N-ethyl adjacent to an activating group) is 1. The SMILES string of the molecule is CN(CC(N)=O)C(=O)c1cc(N)c(F)cc1Br. The fourth-order valence-corrected chi connectivity index (χ4v) is 1.73. The molecule has 2 amide bonds. The van der Waals surface area contributed by atoms with Gasteiger partial charge in [0.2, 0.25) is 5.91 Å². The minimum Gasteiger partial charge on any atom is -0.396 e. The van der Waals surface area contributed by atoms with E-state index in [1.165, 1.54) is 13.1 Å². The summed E-state index contributed by atoms with van der Waals surface area (Å²) in [5.41, 5.74) is 10.4. The number of hydrogen-bond donors (Lipinski definition) is 2. The molecule has 0 spiro atoms. The summed E-state index contributed by atoms with van der Waals surface area (Å²) in [6, 6.07) is 2.31. The number of amides is 2. The summed E-state index contributed by atoms with van der Waals surface area (Å²) in [5, 5.41) is 0. The highest BCUT2D eigenvalue weighted by molar-refractivity contribution is 9.10. The van der Waals surface area contributed by atoms with E-state index in [0.29, 0.717) is 0 Å². The van der Waals surface area contributed by atoms with E-state index in [4.69, 9.17) is 11.5 Å². The second kappa shape index (κ2) is 5.13. The number of carbonyl (C=O) groups is 2. The number of halogens is 2. The van der Waals surface area contributed by atoms with Crippen molar-refractivity contribution in [1.29, 1.82) is 0 Å². The molecule has 0 unspecified atom stereocenters. The van der Waals surface area contributed by atoms with Gasteiger partial charge in [0.25, 0.3) is 5.91 Å². The number of nitrogens with two attached hydrogens (primary N) is 2. The van der Waals surface area contributed by atoms with E-state index in [2.05, 4.69) is 15.9 Å². The van der Waals surface area contributed by atoms with Gasteiger partial charge in [-0.3, -0.25) is 9.59 Å². The lowest BCUT2D eigenvalue weighted by atomic mass is 10.1. The van der Waals surface area contributed by atoms with E-state index < -0.39 is 17.6 Å². The Morgan fingerprint density at radius 3 is 2.59 bits per heavy atom. The third-order valence-electron chi connectivity index (χ3n) is 2.06. The van der Waals surface area contributed by atoms with Crippen LogP contribution in [0.2, 0.25) is 0 Å². The summed E-state index contributed by atoms with van der Waals surface area (Å²) in [7, 11) is 1.42. The topological polar surface area (TPSA) is 89.4 Å². The van der Waals surface area contributed by atoms with Crippen molar-refractivity contribution in [3.63, 3.8) is 0 Å². The molecule has 0 heterocycles. The first-order valence-electron chi connectivity index (χ1n) is 4.61. The molecule has 0 aliphatic carbocycles. The number of carbonyl (C=O) groups excluding carboxylic acids is 2. The molecule has 0 aliphatic heterocycles. The van der Waals surface area contributed by atoms with Gasteiger partial charge < -0.3 is 16.4 Å². The van der Waals surface area contributed by atoms with Gasteiger partial charge in [0.05, 0.1) is 17.8 Å². The number of nitrogen functional groups attached to an aromatic ring is 1. The van der Waals surface area contributed by atoms with E-state index in [9.17, 15) is 14.0 Å². The predicted octanol–water partition coefficient (Wildman–Crippen LogP) is 0.728. The Kier molecular flexibility index (Phi) is 4.06. The maximum absolute atomic E-state index is 13.1. The summed E-state index contributed by atoms with van der Waals surface area (Å²) in [6.07, 6.45) is 0. The molecule has 0 atom stereocenters. The monoisotopic (exact) mass is 303 g/mol. The van der Waals surface area contributed by atoms with E-state index in [0.717, 1.165) is 11.0 Å². The maximum Gasteiger partial charge on any atom is 0.255 e. The van der Waals surface area contributed by atoms with Crippen molar-refractivity contribution in [2.75, 3.05) is 19.3 Å². The third-order valence-corrected chi connectivity index (χ3v) is 2.71. The van der Waals surface area contributed by atoms with Crippen LogP contribution in [0.15, 0.2) is 16.6 Å². The molecule has 0 bridgehead atoms. The number of anilines is 1. The van der Waals surface area contributed by atoms with Crippen molar-refractivity contribution in [3.8, 4) is 0 Å². The van der Waals surface area contributed by atoms with Crippen LogP contribution in [0.1, 0.15) is 10.4 Å². The van der Waals surface area contributed by atoms with Crippen LogP contribution in [-0.4, -0.2) is 30.3 Å². The minimum atomic E-state index is -0.632. The van der Waals surface area contributed by atoms with Gasteiger partial charge >= 0.3 is 0 Å². The molecule has 0 aromatic heterocycles. The standard InChI is InChI=1S/C10H11BrFN3O2/c1-15(4-9(14)16)10(17)5-2-8(13)7(12)3-6(5)11/h2-3H,4,13H2,1H3,(H2,14,16). The molecule has 4 N–H and O–H groups in total. The Balaban J connectivity index is 3.04. The number of nitrogens with zero attached hydrogens (tertiary/aromatic N) is 1. The molecule has 17 heavy (non-hydrogen) atoms. The number of rotatable bonds is 3. The Hall–Kier alpha value is -1.63. The molecule has 1 aromatic carbocycles. The second-order valence-electron chi connectivity index (χ2n) is 3.48. The molecule has 0 aliphatic rings. The minimum absolute atomic E-state index is 0.135. The zero-order chi connectivity index (χ0) is 13.2. The molecule has 0 fully saturated rings. The average molecular weight is 304 g/mol. The molecule has 1 rings (SSSR count). The Labute approximate surface area is 106 Å². The Morgan fingerprint density at radius 1 is 1.47 bits per heavy atom. The largest absolute Gasteiger partial charge is 0.396 e. The van der Waals surface area contributed by atoms with Crippen LogP contribution in [0.5, 0.6) is 0 Å². The van der Waals surface area contributed by atoms with Crippen molar-refractivity contribution in [3.05, 3.63) is 28.0 Å². The molecular weight excluding hydrogens is 293 g/mol. The summed E-state index contributed by atoms with van der Waals surface area (Å²) < 4.78 is 13.3. The summed E-state index contributed by atoms with van der Waals surface area (Å²) >= 11 is 3.06. The smallest absolute Gasteiger partial charge is 0.255 e. The maximum atomic E-state index is 13.1. The predicted molar refractivity (Wildman–Crippen MR) is 64.7 cm³/mol. The van der Waals surface area contributed by atoms with Crippen LogP contribution in [0.3, 0.4) is 0 Å². The molecular formula is C10H11BrFN3O2. The number of hydrogen-bond acceptors (Lipinski definition) is 3. The summed E-state index contributed by atoms with van der Waals surface area (Å²) in [6.45, 7) is -0.220. The fourth-order valence-electron chi connectivity index (χ4n) is 1.24. The van der Waals surface area contributed by atoms with E-state index in [1.807, 2.05) is 0 Å². The molecule has 92 valence electrons. The first-order chi connectivity index (χ1) is 7.82. The van der Waals surface area contributed by atoms with Gasteiger partial charge in [-0.25, -0.2) is 4.39 Å². The molecule has 0 saturated carbocycles. The van der Waals surface area contributed by atoms with Gasteiger partial charge in [0.1, 0.15) is 5.82 Å². The van der Waals surface area contributed by atoms with Crippen LogP contribution in [-0.2, 0) is 4.79 Å². The second-order valence-corrected chi connectivity index (χ2v) is 4.34. The molecule has 7 heteroatoms. The zero-order valence-corrected chi connectivity index (χ0v) is 10.6. The van der Waals surface area contributed by atoms with Crippen molar-refractivity contribution < 1.29 is 14.0 Å². The van der Waals surface area contributed by atoms with Crippen LogP contribution >= 0.6 is 15.9 Å². The lowest BCUT2D eigenvalue weighted by molar-refractivity contribution is -0.118. The van der Waals surface area contributed by atoms with Crippen molar-refractivity contribution >= 4 is 33.4 Å². The van der Waals surface area contributed by atoms with Gasteiger partial charge in [0.15, 0.2) is 0 Å². The number of primary amides is 1. The lowest BCUT2D eigenvalue weighted by Gasteiger charge is -2.16. The van der Waals surface area contributed by atoms with Crippen LogP contribution < -0.4 is 11.5 Å². The highest BCUT2D eigenvalue weighted by Gasteiger charge is 2.18. The van der Waals surface area contributed by atoms with E-state index in [-0.39, 0.29) is 22.3 Å². The third kappa shape index (κ3) is 3.16. The first-order valence-corrected chi connectivity index (χ1v) is 5.40. The van der Waals surface area contributed by atoms with Gasteiger partial charge in [-0.2, -0.15) is 0 Å². The van der Waals surface area contributed by atoms with Gasteiger partial charge in [-0.1, -0.05) is 0 Å². The van der Waals surface area contributed by atoms with Crippen molar-refractivity contribution in [2.45, 2.75) is 0 Å². The van der Waals surface area contributed by atoms with Crippen LogP contribution in [0.4, 0.5) is 10.1 Å². The van der Waals surface area contributed by atoms with Gasteiger partial charge in [-0.15, -0.1) is 0 Å². The molecule has 1 aromatic rings. The molecule has 0 radical (unpaired) electrons. The van der Waals surface area contributed by atoms with Crippen molar-refractivity contribution in [2.24, 2.45) is 5.73 Å². The average Bonchev–Trinajstić information content (AvgIpc) is 2.21. The molecule has 0 saturated heterocycles. The Morgan fingerprint density at radius 2 is 2.06 bits per heavy atom. The zero-order valence-electron chi connectivity index (χ0n) is 9.04. The lowest BCUT2D eigenvalue weighted by Crippen LogP contribution is -2.35. The quantitative estimate of drug-likeness (QED) is 0.807. The molecule has 5 nitrogen and oxygen atoms in total.